The zero-order valence-electron chi connectivity index (χ0n) is 14.5. The van der Waals surface area contributed by atoms with Crippen molar-refractivity contribution < 1.29 is 17.7 Å². The molecule has 0 saturated heterocycles. The Bertz CT molecular complexity index is 1200. The van der Waals surface area contributed by atoms with Gasteiger partial charge < -0.3 is 4.72 Å². The molecule has 0 unspecified atom stereocenters. The summed E-state index contributed by atoms with van der Waals surface area (Å²) in [6, 6.07) is 8.11. The zero-order valence-corrected chi connectivity index (χ0v) is 15.3. The van der Waals surface area contributed by atoms with E-state index in [1.807, 2.05) is 0 Å². The molecule has 0 radical (unpaired) electrons. The van der Waals surface area contributed by atoms with E-state index in [0.29, 0.717) is 15.8 Å². The summed E-state index contributed by atoms with van der Waals surface area (Å²) >= 11 is 0.941. The number of benzene rings is 2. The maximum Gasteiger partial charge on any atom is 0.251 e. The average molecular weight is 417 g/mol. The third kappa shape index (κ3) is 3.92. The fourth-order valence-corrected chi connectivity index (χ4v) is 3.36. The number of hydrogen-bond donors (Lipinski definition) is 2. The molecule has 2 N–H and O–H groups in total. The third-order valence-electron chi connectivity index (χ3n) is 4.00. The van der Waals surface area contributed by atoms with Gasteiger partial charge in [0.2, 0.25) is 0 Å². The van der Waals surface area contributed by atoms with Crippen LogP contribution >= 0.6 is 11.9 Å². The second-order valence-electron chi connectivity index (χ2n) is 5.89. The number of pyridine rings is 1. The van der Waals surface area contributed by atoms with E-state index in [4.69, 9.17) is 0 Å². The molecule has 10 heteroatoms. The standard InChI is InChI=1S/C19H11F4N5S/c20-12-6-13(9-24-8-12)29-28-16-4-2-14(21)17(18(16)22)10-1-3-15-11(5-10)7-25-19(26-15)27-23/h1-9,28H,(H,25,26,27). The van der Waals surface area contributed by atoms with Crippen LogP contribution in [0.1, 0.15) is 0 Å². The van der Waals surface area contributed by atoms with Crippen LogP contribution in [-0.2, 0) is 0 Å². The molecular weight excluding hydrogens is 406 g/mol. The van der Waals surface area contributed by atoms with Gasteiger partial charge in [-0.05, 0) is 47.8 Å². The first-order valence-corrected chi connectivity index (χ1v) is 9.02. The number of rotatable bonds is 5. The largest absolute Gasteiger partial charge is 0.323 e. The van der Waals surface area contributed by atoms with Gasteiger partial charge in [0, 0.05) is 22.7 Å². The quantitative estimate of drug-likeness (QED) is 0.253. The number of anilines is 2. The van der Waals surface area contributed by atoms with Crippen LogP contribution in [-0.4, -0.2) is 15.0 Å². The molecular formula is C19H11F4N5S. The Balaban J connectivity index is 1.68. The third-order valence-corrected chi connectivity index (χ3v) is 4.78. The van der Waals surface area contributed by atoms with Crippen molar-refractivity contribution in [3.05, 3.63) is 72.4 Å². The van der Waals surface area contributed by atoms with Gasteiger partial charge in [0.15, 0.2) is 5.82 Å². The van der Waals surface area contributed by atoms with Crippen molar-refractivity contribution in [2.45, 2.75) is 4.90 Å². The summed E-state index contributed by atoms with van der Waals surface area (Å²) in [7, 11) is 0. The molecule has 0 aliphatic rings. The minimum absolute atomic E-state index is 0.0176. The second-order valence-corrected chi connectivity index (χ2v) is 6.77. The van der Waals surface area contributed by atoms with E-state index in [0.717, 1.165) is 24.2 Å². The van der Waals surface area contributed by atoms with Crippen LogP contribution in [0, 0.1) is 17.5 Å². The smallest absolute Gasteiger partial charge is 0.251 e. The van der Waals surface area contributed by atoms with Crippen LogP contribution in [0.25, 0.3) is 22.0 Å². The Labute approximate surface area is 166 Å². The number of hydrogen-bond acceptors (Lipinski definition) is 6. The van der Waals surface area contributed by atoms with Gasteiger partial charge in [-0.2, -0.15) is 5.54 Å². The predicted molar refractivity (Wildman–Crippen MR) is 103 cm³/mol. The molecule has 146 valence electrons. The Hall–Kier alpha value is -3.40. The summed E-state index contributed by atoms with van der Waals surface area (Å²) in [5.74, 6) is -2.31. The lowest BCUT2D eigenvalue weighted by Crippen LogP contribution is -1.98. The van der Waals surface area contributed by atoms with Crippen LogP contribution in [0.5, 0.6) is 0 Å². The normalized spacial score (nSPS) is 10.9. The number of nitrogens with zero attached hydrogens (tertiary/aromatic N) is 3. The highest BCUT2D eigenvalue weighted by molar-refractivity contribution is 8.00. The van der Waals surface area contributed by atoms with Crippen molar-refractivity contribution in [3.8, 4) is 11.1 Å². The first-order chi connectivity index (χ1) is 14.0. The van der Waals surface area contributed by atoms with Crippen LogP contribution in [0.2, 0.25) is 0 Å². The molecule has 4 aromatic rings. The van der Waals surface area contributed by atoms with E-state index in [9.17, 15) is 13.3 Å². The van der Waals surface area contributed by atoms with E-state index in [2.05, 4.69) is 19.7 Å². The Morgan fingerprint density at radius 1 is 0.931 bits per heavy atom. The first kappa shape index (κ1) is 18.9. The average Bonchev–Trinajstić information content (AvgIpc) is 2.73. The fourth-order valence-electron chi connectivity index (χ4n) is 2.69. The van der Waals surface area contributed by atoms with E-state index in [1.54, 1.807) is 0 Å². The monoisotopic (exact) mass is 417 g/mol. The van der Waals surface area contributed by atoms with Crippen molar-refractivity contribution in [1.82, 2.24) is 15.0 Å². The van der Waals surface area contributed by atoms with Gasteiger partial charge >= 0.3 is 0 Å². The van der Waals surface area contributed by atoms with Crippen molar-refractivity contribution in [2.24, 2.45) is 0 Å². The number of aromatic nitrogens is 3. The van der Waals surface area contributed by atoms with Crippen LogP contribution in [0.3, 0.4) is 0 Å². The van der Waals surface area contributed by atoms with Gasteiger partial charge in [0.25, 0.3) is 5.95 Å². The summed E-state index contributed by atoms with van der Waals surface area (Å²) in [5, 5.41) is 0.485. The van der Waals surface area contributed by atoms with Gasteiger partial charge in [-0.3, -0.25) is 4.98 Å². The lowest BCUT2D eigenvalue weighted by Gasteiger charge is -2.12. The fraction of sp³-hybridized carbons (Fsp3) is 0. The molecule has 0 atom stereocenters. The highest BCUT2D eigenvalue weighted by atomic mass is 32.2. The predicted octanol–water partition coefficient (Wildman–Crippen LogP) is 5.52. The Morgan fingerprint density at radius 3 is 2.59 bits per heavy atom. The van der Waals surface area contributed by atoms with Gasteiger partial charge in [0.05, 0.1) is 23.0 Å². The van der Waals surface area contributed by atoms with Crippen LogP contribution in [0.4, 0.5) is 29.3 Å². The lowest BCUT2D eigenvalue weighted by molar-refractivity contribution is 0.592. The molecule has 4 rings (SSSR count). The number of halogens is 4. The summed E-state index contributed by atoms with van der Waals surface area (Å²) in [4.78, 5) is 11.8. The Morgan fingerprint density at radius 2 is 1.79 bits per heavy atom. The molecule has 5 nitrogen and oxygen atoms in total. The minimum atomic E-state index is -0.816. The van der Waals surface area contributed by atoms with E-state index < -0.39 is 17.5 Å². The second kappa shape index (κ2) is 7.92. The summed E-state index contributed by atoms with van der Waals surface area (Å²) in [6.45, 7) is 0. The summed E-state index contributed by atoms with van der Waals surface area (Å²) in [5.41, 5.74) is 1.78. The number of nitrogens with one attached hydrogen (secondary N) is 2. The van der Waals surface area contributed by atoms with Crippen LogP contribution < -0.4 is 10.3 Å². The SMILES string of the molecule is FNc1ncc2cc(-c3c(F)ccc(NSc4cncc(F)c4)c3F)ccc2n1. The van der Waals surface area contributed by atoms with Crippen molar-refractivity contribution in [1.29, 1.82) is 0 Å². The van der Waals surface area contributed by atoms with Crippen molar-refractivity contribution in [3.63, 3.8) is 0 Å². The molecule has 0 fully saturated rings. The van der Waals surface area contributed by atoms with Gasteiger partial charge in [-0.15, -0.1) is 4.48 Å². The molecule has 2 aromatic heterocycles. The molecule has 29 heavy (non-hydrogen) atoms. The molecule has 0 bridgehead atoms. The van der Waals surface area contributed by atoms with E-state index in [-0.39, 0.29) is 22.8 Å². The molecule has 0 spiro atoms. The molecule has 0 aliphatic carbocycles. The topological polar surface area (TPSA) is 62.7 Å². The summed E-state index contributed by atoms with van der Waals surface area (Å²) in [6.07, 6.45) is 3.81. The van der Waals surface area contributed by atoms with E-state index >= 15 is 4.39 Å². The highest BCUT2D eigenvalue weighted by Crippen LogP contribution is 2.34. The van der Waals surface area contributed by atoms with Crippen molar-refractivity contribution >= 4 is 34.5 Å². The van der Waals surface area contributed by atoms with Crippen molar-refractivity contribution in [2.75, 3.05) is 10.3 Å². The van der Waals surface area contributed by atoms with E-state index in [1.165, 1.54) is 48.3 Å². The molecule has 2 heterocycles. The molecule has 0 aliphatic heterocycles. The zero-order chi connectivity index (χ0) is 20.4. The van der Waals surface area contributed by atoms with Gasteiger partial charge in [-0.1, -0.05) is 6.07 Å². The van der Waals surface area contributed by atoms with Crippen LogP contribution in [0.15, 0.2) is 59.9 Å². The molecule has 0 amide bonds. The maximum absolute atomic E-state index is 15.0. The number of fused-ring (bicyclic) bond motifs is 1. The minimum Gasteiger partial charge on any atom is -0.323 e. The highest BCUT2D eigenvalue weighted by Gasteiger charge is 2.17. The Kier molecular flexibility index (Phi) is 5.17. The maximum atomic E-state index is 15.0. The first-order valence-electron chi connectivity index (χ1n) is 8.20. The summed E-state index contributed by atoms with van der Waals surface area (Å²) < 4.78 is 57.9. The molecule has 2 aromatic carbocycles. The molecule has 0 saturated carbocycles. The van der Waals surface area contributed by atoms with Gasteiger partial charge in [-0.25, -0.2) is 23.1 Å². The lowest BCUT2D eigenvalue weighted by atomic mass is 10.0. The van der Waals surface area contributed by atoms with Gasteiger partial charge in [0.1, 0.15) is 11.6 Å².